The van der Waals surface area contributed by atoms with Crippen molar-refractivity contribution < 1.29 is 4.79 Å². The molecule has 2 amide bonds. The van der Waals surface area contributed by atoms with Gasteiger partial charge in [0.1, 0.15) is 0 Å². The van der Waals surface area contributed by atoms with Crippen LogP contribution in [0.1, 0.15) is 52.9 Å². The summed E-state index contributed by atoms with van der Waals surface area (Å²) in [5, 5.41) is 3.14. The van der Waals surface area contributed by atoms with Crippen molar-refractivity contribution in [3.63, 3.8) is 0 Å². The summed E-state index contributed by atoms with van der Waals surface area (Å²) < 4.78 is 0. The lowest BCUT2D eigenvalue weighted by Gasteiger charge is -2.60. The number of rotatable bonds is 2. The minimum atomic E-state index is 0.119. The van der Waals surface area contributed by atoms with Crippen LogP contribution in [-0.2, 0) is 0 Å². The number of nitrogens with zero attached hydrogens (tertiary/aromatic N) is 1. The Kier molecular flexibility index (Phi) is 3.85. The first-order valence-corrected chi connectivity index (χ1v) is 9.55. The van der Waals surface area contributed by atoms with E-state index in [-0.39, 0.29) is 6.03 Å². The van der Waals surface area contributed by atoms with Crippen molar-refractivity contribution in [2.45, 2.75) is 65.0 Å². The zero-order valence-corrected chi connectivity index (χ0v) is 15.2. The second-order valence-electron chi connectivity index (χ2n) is 9.42. The second-order valence-corrected chi connectivity index (χ2v) is 9.42. The van der Waals surface area contributed by atoms with Crippen LogP contribution in [0.2, 0.25) is 0 Å². The largest absolute Gasteiger partial charge is 0.322 e. The molecule has 2 saturated heterocycles. The Balaban J connectivity index is 1.55. The van der Waals surface area contributed by atoms with Crippen LogP contribution in [0.3, 0.4) is 0 Å². The highest BCUT2D eigenvalue weighted by atomic mass is 16.2. The first kappa shape index (κ1) is 16.0. The number of hydrogen-bond donors (Lipinski definition) is 1. The van der Waals surface area contributed by atoms with Crippen molar-refractivity contribution in [1.29, 1.82) is 0 Å². The number of benzene rings is 1. The van der Waals surface area contributed by atoms with Gasteiger partial charge in [0.05, 0.1) is 0 Å². The van der Waals surface area contributed by atoms with Crippen LogP contribution < -0.4 is 5.32 Å². The van der Waals surface area contributed by atoms with Crippen LogP contribution in [0.15, 0.2) is 30.3 Å². The molecule has 4 bridgehead atoms. The number of anilines is 1. The fourth-order valence-electron chi connectivity index (χ4n) is 5.68. The Morgan fingerprint density at radius 2 is 1.88 bits per heavy atom. The predicted molar refractivity (Wildman–Crippen MR) is 97.9 cm³/mol. The summed E-state index contributed by atoms with van der Waals surface area (Å²) in [6.45, 7) is 7.02. The molecule has 2 saturated carbocycles. The topological polar surface area (TPSA) is 32.3 Å². The minimum Gasteiger partial charge on any atom is -0.318 e. The number of urea groups is 1. The van der Waals surface area contributed by atoms with E-state index in [0.29, 0.717) is 23.4 Å². The van der Waals surface area contributed by atoms with Gasteiger partial charge in [-0.3, -0.25) is 0 Å². The van der Waals surface area contributed by atoms with E-state index in [4.69, 9.17) is 0 Å². The number of nitrogens with one attached hydrogen (secondary N) is 1. The summed E-state index contributed by atoms with van der Waals surface area (Å²) in [6.07, 6.45) is 6.29. The molecule has 4 aliphatic rings. The Bertz CT molecular complexity index is 606. The highest BCUT2D eigenvalue weighted by Crippen LogP contribution is 2.54. The molecule has 0 radical (unpaired) electrons. The van der Waals surface area contributed by atoms with Crippen molar-refractivity contribution in [3.8, 4) is 0 Å². The minimum absolute atomic E-state index is 0.119. The number of piperidine rings is 2. The molecule has 130 valence electrons. The lowest BCUT2D eigenvalue weighted by molar-refractivity contribution is -0.0835. The van der Waals surface area contributed by atoms with Crippen molar-refractivity contribution in [1.82, 2.24) is 4.90 Å². The van der Waals surface area contributed by atoms with E-state index in [1.807, 2.05) is 30.3 Å². The van der Waals surface area contributed by atoms with Gasteiger partial charge in [0.15, 0.2) is 0 Å². The third kappa shape index (κ3) is 2.94. The normalized spacial score (nSPS) is 34.5. The number of amides is 2. The zero-order valence-electron chi connectivity index (χ0n) is 15.2. The molecule has 2 aliphatic heterocycles. The predicted octanol–water partition coefficient (Wildman–Crippen LogP) is 5.14. The molecule has 3 heteroatoms. The Hall–Kier alpha value is -1.51. The smallest absolute Gasteiger partial charge is 0.318 e. The average Bonchev–Trinajstić information content (AvgIpc) is 2.50. The Morgan fingerprint density at radius 1 is 1.12 bits per heavy atom. The van der Waals surface area contributed by atoms with E-state index in [2.05, 4.69) is 31.0 Å². The lowest BCUT2D eigenvalue weighted by Crippen LogP contribution is -2.65. The molecular formula is C21H30N2O. The van der Waals surface area contributed by atoms with Gasteiger partial charge in [0, 0.05) is 17.8 Å². The molecule has 4 fully saturated rings. The van der Waals surface area contributed by atoms with Crippen molar-refractivity contribution >= 4 is 11.7 Å². The molecule has 24 heavy (non-hydrogen) atoms. The Labute approximate surface area is 145 Å². The second kappa shape index (κ2) is 5.79. The van der Waals surface area contributed by atoms with Crippen molar-refractivity contribution in [2.24, 2.45) is 23.2 Å². The maximum atomic E-state index is 13.0. The van der Waals surface area contributed by atoms with Crippen molar-refractivity contribution in [3.05, 3.63) is 30.3 Å². The molecule has 1 aromatic carbocycles. The molecule has 5 atom stereocenters. The molecule has 3 nitrogen and oxygen atoms in total. The molecule has 2 heterocycles. The maximum Gasteiger partial charge on any atom is 0.322 e. The van der Waals surface area contributed by atoms with Crippen LogP contribution in [-0.4, -0.2) is 23.0 Å². The highest BCUT2D eigenvalue weighted by Gasteiger charge is 2.54. The van der Waals surface area contributed by atoms with Gasteiger partial charge in [-0.25, -0.2) is 4.79 Å². The van der Waals surface area contributed by atoms with Gasteiger partial charge in [0.25, 0.3) is 0 Å². The fourth-order valence-corrected chi connectivity index (χ4v) is 5.68. The standard InChI is InChI=1S/C21H30N2O/c1-21(2,3)13-18-15-9-14-10-17(12-15)23(19(18)11-14)20(24)22-16-7-5-4-6-8-16/h4-8,14-15,17-19H,9-13H2,1-3H3,(H,22,24). The quantitative estimate of drug-likeness (QED) is 0.801. The van der Waals surface area contributed by atoms with E-state index in [9.17, 15) is 4.79 Å². The van der Waals surface area contributed by atoms with Gasteiger partial charge in [-0.15, -0.1) is 0 Å². The van der Waals surface area contributed by atoms with Gasteiger partial charge in [0.2, 0.25) is 0 Å². The third-order valence-corrected chi connectivity index (χ3v) is 6.35. The monoisotopic (exact) mass is 326 g/mol. The summed E-state index contributed by atoms with van der Waals surface area (Å²) in [5.74, 6) is 2.38. The van der Waals surface area contributed by atoms with Gasteiger partial charge < -0.3 is 10.2 Å². The number of carbonyl (C=O) groups is 1. The van der Waals surface area contributed by atoms with Crippen LogP contribution >= 0.6 is 0 Å². The van der Waals surface area contributed by atoms with Crippen LogP contribution in [0.5, 0.6) is 0 Å². The van der Waals surface area contributed by atoms with Crippen molar-refractivity contribution in [2.75, 3.05) is 5.32 Å². The number of carbonyl (C=O) groups excluding carboxylic acids is 1. The molecule has 0 aromatic heterocycles. The number of hydrogen-bond acceptors (Lipinski definition) is 1. The van der Waals surface area contributed by atoms with E-state index in [1.165, 1.54) is 32.1 Å². The van der Waals surface area contributed by atoms with Gasteiger partial charge in [-0.1, -0.05) is 39.0 Å². The molecular weight excluding hydrogens is 296 g/mol. The first-order valence-electron chi connectivity index (χ1n) is 9.55. The molecule has 2 aliphatic carbocycles. The number of para-hydroxylation sites is 1. The van der Waals surface area contributed by atoms with E-state index in [1.54, 1.807) is 0 Å². The van der Waals surface area contributed by atoms with Crippen LogP contribution in [0, 0.1) is 23.2 Å². The first-order chi connectivity index (χ1) is 11.4. The lowest BCUT2D eigenvalue weighted by atomic mass is 9.56. The summed E-state index contributed by atoms with van der Waals surface area (Å²) in [5.41, 5.74) is 1.24. The summed E-state index contributed by atoms with van der Waals surface area (Å²) in [4.78, 5) is 15.3. The van der Waals surface area contributed by atoms with Crippen LogP contribution in [0.4, 0.5) is 10.5 Å². The summed E-state index contributed by atoms with van der Waals surface area (Å²) >= 11 is 0. The van der Waals surface area contributed by atoms with Crippen LogP contribution in [0.25, 0.3) is 0 Å². The van der Waals surface area contributed by atoms with E-state index >= 15 is 0 Å². The highest BCUT2D eigenvalue weighted by molar-refractivity contribution is 5.90. The average molecular weight is 326 g/mol. The molecule has 1 N–H and O–H groups in total. The third-order valence-electron chi connectivity index (χ3n) is 6.35. The van der Waals surface area contributed by atoms with Gasteiger partial charge >= 0.3 is 6.03 Å². The molecule has 5 unspecified atom stereocenters. The summed E-state index contributed by atoms with van der Waals surface area (Å²) in [6, 6.07) is 10.9. The SMILES string of the molecule is CC(C)(C)CC1C2CC3CC(C2)N(C(=O)Nc2ccccc2)C1C3. The maximum absolute atomic E-state index is 13.0. The summed E-state index contributed by atoms with van der Waals surface area (Å²) in [7, 11) is 0. The van der Waals surface area contributed by atoms with Gasteiger partial charge in [-0.05, 0) is 67.4 Å². The van der Waals surface area contributed by atoms with E-state index < -0.39 is 0 Å². The zero-order chi connectivity index (χ0) is 16.9. The van der Waals surface area contributed by atoms with Gasteiger partial charge in [-0.2, -0.15) is 0 Å². The Morgan fingerprint density at radius 3 is 2.58 bits per heavy atom. The fraction of sp³-hybridized carbons (Fsp3) is 0.667. The molecule has 1 aromatic rings. The molecule has 5 rings (SSSR count). The molecule has 0 spiro atoms. The van der Waals surface area contributed by atoms with E-state index in [0.717, 1.165) is 17.5 Å².